The van der Waals surface area contributed by atoms with Crippen LogP contribution in [0.2, 0.25) is 0 Å². The number of benzene rings is 2. The minimum Gasteiger partial charge on any atom is -0.492 e. The molecule has 0 saturated carbocycles. The molecule has 2 heterocycles. The van der Waals surface area contributed by atoms with E-state index in [0.717, 1.165) is 18.2 Å². The molecule has 32 heavy (non-hydrogen) atoms. The second-order valence-electron chi connectivity index (χ2n) is 6.75. The number of para-hydroxylation sites is 2. The van der Waals surface area contributed by atoms with Gasteiger partial charge in [0.25, 0.3) is 5.56 Å². The van der Waals surface area contributed by atoms with Gasteiger partial charge in [-0.25, -0.2) is 9.37 Å². The fourth-order valence-corrected chi connectivity index (χ4v) is 3.64. The molecular formula is C22H15F4N3O2S. The number of hydrogen-bond donors (Lipinski definition) is 1. The normalized spacial score (nSPS) is 11.7. The number of hydrogen-bond acceptors (Lipinski definition) is 4. The summed E-state index contributed by atoms with van der Waals surface area (Å²) in [7, 11) is 0. The van der Waals surface area contributed by atoms with Gasteiger partial charge in [-0.15, -0.1) is 0 Å². The summed E-state index contributed by atoms with van der Waals surface area (Å²) in [5.41, 5.74) is -2.01. The molecule has 4 rings (SSSR count). The number of aromatic nitrogens is 3. The van der Waals surface area contributed by atoms with Gasteiger partial charge in [-0.2, -0.15) is 13.2 Å². The highest BCUT2D eigenvalue weighted by atomic mass is 32.1. The van der Waals surface area contributed by atoms with Crippen LogP contribution < -0.4 is 10.3 Å². The van der Waals surface area contributed by atoms with Crippen molar-refractivity contribution in [2.24, 2.45) is 0 Å². The van der Waals surface area contributed by atoms with Crippen LogP contribution in [0.15, 0.2) is 59.4 Å². The Bertz CT molecular complexity index is 1430. The first kappa shape index (κ1) is 21.7. The van der Waals surface area contributed by atoms with E-state index in [4.69, 9.17) is 17.0 Å². The summed E-state index contributed by atoms with van der Waals surface area (Å²) in [5.74, 6) is -0.197. The van der Waals surface area contributed by atoms with Crippen LogP contribution in [-0.2, 0) is 6.18 Å². The van der Waals surface area contributed by atoms with Gasteiger partial charge < -0.3 is 4.74 Å². The smallest absolute Gasteiger partial charge is 0.417 e. The average molecular weight is 461 g/mol. The minimum atomic E-state index is -4.86. The fraction of sp³-hybridized carbons (Fsp3) is 0.136. The summed E-state index contributed by atoms with van der Waals surface area (Å²) in [4.78, 5) is 19.2. The molecule has 0 aliphatic carbocycles. The summed E-state index contributed by atoms with van der Waals surface area (Å²) in [6.07, 6.45) is -4.86. The average Bonchev–Trinajstić information content (AvgIpc) is 2.74. The first-order valence-electron chi connectivity index (χ1n) is 9.46. The molecule has 10 heteroatoms. The van der Waals surface area contributed by atoms with Gasteiger partial charge in [-0.3, -0.25) is 14.3 Å². The van der Waals surface area contributed by atoms with Crippen molar-refractivity contribution < 1.29 is 22.3 Å². The lowest BCUT2D eigenvalue weighted by atomic mass is 10.1. The van der Waals surface area contributed by atoms with Crippen LogP contribution in [0.25, 0.3) is 28.0 Å². The van der Waals surface area contributed by atoms with Gasteiger partial charge in [-0.1, -0.05) is 12.1 Å². The van der Waals surface area contributed by atoms with Crippen LogP contribution >= 0.6 is 12.2 Å². The zero-order valence-corrected chi connectivity index (χ0v) is 17.4. The van der Waals surface area contributed by atoms with Gasteiger partial charge >= 0.3 is 6.18 Å². The van der Waals surface area contributed by atoms with Crippen molar-refractivity contribution in [2.45, 2.75) is 13.1 Å². The van der Waals surface area contributed by atoms with E-state index in [2.05, 4.69) is 9.97 Å². The Labute approximate surface area is 183 Å². The minimum absolute atomic E-state index is 0.0903. The van der Waals surface area contributed by atoms with Crippen molar-refractivity contribution in [2.75, 3.05) is 6.61 Å². The molecular weight excluding hydrogens is 446 g/mol. The largest absolute Gasteiger partial charge is 0.492 e. The molecule has 1 N–H and O–H groups in total. The van der Waals surface area contributed by atoms with Gasteiger partial charge in [0, 0.05) is 5.56 Å². The molecule has 2 aromatic heterocycles. The zero-order chi connectivity index (χ0) is 23.0. The maximum atomic E-state index is 14.0. The monoisotopic (exact) mass is 461 g/mol. The number of ether oxygens (including phenoxy) is 1. The highest BCUT2D eigenvalue weighted by Gasteiger charge is 2.35. The van der Waals surface area contributed by atoms with Crippen molar-refractivity contribution >= 4 is 23.3 Å². The van der Waals surface area contributed by atoms with E-state index in [9.17, 15) is 22.4 Å². The number of nitrogens with one attached hydrogen (secondary N) is 1. The summed E-state index contributed by atoms with van der Waals surface area (Å²) in [6, 6.07) is 12.2. The fourth-order valence-electron chi connectivity index (χ4n) is 3.36. The molecule has 0 aliphatic rings. The lowest BCUT2D eigenvalue weighted by molar-refractivity contribution is -0.136. The van der Waals surface area contributed by atoms with E-state index in [1.807, 2.05) is 0 Å². The third-order valence-electron chi connectivity index (χ3n) is 4.71. The molecule has 2 aromatic carbocycles. The van der Waals surface area contributed by atoms with Crippen molar-refractivity contribution in [3.8, 4) is 22.7 Å². The molecule has 0 aliphatic heterocycles. The second kappa shape index (κ2) is 8.19. The summed E-state index contributed by atoms with van der Waals surface area (Å²) >= 11 is 5.29. The number of halogens is 4. The van der Waals surface area contributed by atoms with E-state index in [-0.39, 0.29) is 21.7 Å². The molecule has 0 spiro atoms. The SMILES string of the molecule is CCOc1ccccc1-n1c(=S)[nH]c(=O)c2c(C(F)(F)F)cc(-c3ccc(F)cc3)nc21. The van der Waals surface area contributed by atoms with Gasteiger partial charge in [0.2, 0.25) is 0 Å². The molecule has 0 saturated heterocycles. The summed E-state index contributed by atoms with van der Waals surface area (Å²) < 4.78 is 62.0. The number of aromatic amines is 1. The molecule has 0 amide bonds. The van der Waals surface area contributed by atoms with Crippen LogP contribution in [-0.4, -0.2) is 21.1 Å². The van der Waals surface area contributed by atoms with Crippen molar-refractivity contribution in [3.05, 3.63) is 81.1 Å². The molecule has 0 radical (unpaired) electrons. The Morgan fingerprint density at radius 1 is 1.12 bits per heavy atom. The Balaban J connectivity index is 2.17. The zero-order valence-electron chi connectivity index (χ0n) is 16.5. The third-order valence-corrected chi connectivity index (χ3v) is 5.00. The van der Waals surface area contributed by atoms with E-state index in [0.29, 0.717) is 18.0 Å². The lowest BCUT2D eigenvalue weighted by Gasteiger charge is -2.18. The number of nitrogens with zero attached hydrogens (tertiary/aromatic N) is 2. The molecule has 0 atom stereocenters. The second-order valence-corrected chi connectivity index (χ2v) is 7.14. The van der Waals surface area contributed by atoms with E-state index in [1.165, 1.54) is 16.7 Å². The van der Waals surface area contributed by atoms with E-state index < -0.39 is 28.5 Å². The standard InChI is InChI=1S/C22H15F4N3O2S/c1-2-31-17-6-4-3-5-16(17)29-19-18(20(30)28-21(29)32)14(22(24,25)26)11-15(27-19)12-7-9-13(23)10-8-12/h3-11H,2H2,1H3,(H,28,30,32). The molecule has 164 valence electrons. The Morgan fingerprint density at radius 3 is 2.47 bits per heavy atom. The van der Waals surface area contributed by atoms with Gasteiger partial charge in [0.15, 0.2) is 10.4 Å². The van der Waals surface area contributed by atoms with Gasteiger partial charge in [0.05, 0.1) is 28.9 Å². The van der Waals surface area contributed by atoms with E-state index >= 15 is 0 Å². The molecule has 0 bridgehead atoms. The Morgan fingerprint density at radius 2 is 1.81 bits per heavy atom. The number of fused-ring (bicyclic) bond motifs is 1. The van der Waals surface area contributed by atoms with Crippen LogP contribution in [0.3, 0.4) is 0 Å². The number of rotatable bonds is 4. The van der Waals surface area contributed by atoms with Crippen LogP contribution in [0, 0.1) is 10.6 Å². The first-order chi connectivity index (χ1) is 15.2. The highest BCUT2D eigenvalue weighted by molar-refractivity contribution is 7.71. The number of H-pyrrole nitrogens is 1. The highest BCUT2D eigenvalue weighted by Crippen LogP contribution is 2.36. The topological polar surface area (TPSA) is 59.9 Å². The predicted molar refractivity (Wildman–Crippen MR) is 114 cm³/mol. The van der Waals surface area contributed by atoms with Crippen molar-refractivity contribution in [3.63, 3.8) is 0 Å². The molecule has 0 unspecified atom stereocenters. The maximum Gasteiger partial charge on any atom is 0.417 e. The Kier molecular flexibility index (Phi) is 5.55. The van der Waals surface area contributed by atoms with Gasteiger partial charge in [-0.05, 0) is 61.6 Å². The first-order valence-corrected chi connectivity index (χ1v) is 9.87. The van der Waals surface area contributed by atoms with E-state index in [1.54, 1.807) is 31.2 Å². The van der Waals surface area contributed by atoms with Crippen LogP contribution in [0.5, 0.6) is 5.75 Å². The summed E-state index contributed by atoms with van der Waals surface area (Å²) in [6.45, 7) is 2.06. The van der Waals surface area contributed by atoms with Gasteiger partial charge in [0.1, 0.15) is 11.6 Å². The summed E-state index contributed by atoms with van der Waals surface area (Å²) in [5, 5.41) is -0.664. The molecule has 4 aromatic rings. The van der Waals surface area contributed by atoms with Crippen LogP contribution in [0.1, 0.15) is 12.5 Å². The van der Waals surface area contributed by atoms with Crippen molar-refractivity contribution in [1.82, 2.24) is 14.5 Å². The number of pyridine rings is 1. The predicted octanol–water partition coefficient (Wildman–Crippen LogP) is 5.67. The van der Waals surface area contributed by atoms with Crippen molar-refractivity contribution in [1.29, 1.82) is 0 Å². The molecule has 0 fully saturated rings. The lowest BCUT2D eigenvalue weighted by Crippen LogP contribution is -2.20. The quantitative estimate of drug-likeness (QED) is 0.314. The number of alkyl halides is 3. The maximum absolute atomic E-state index is 14.0. The Hall–Kier alpha value is -3.53. The van der Waals surface area contributed by atoms with Crippen LogP contribution in [0.4, 0.5) is 17.6 Å². The third kappa shape index (κ3) is 3.89. The molecule has 5 nitrogen and oxygen atoms in total.